The van der Waals surface area contributed by atoms with Gasteiger partial charge in [0.2, 0.25) is 0 Å². The van der Waals surface area contributed by atoms with Gasteiger partial charge in [-0.15, -0.1) is 0 Å². The average Bonchev–Trinajstić information content (AvgIpc) is 3.02. The number of benzene rings is 1. The van der Waals surface area contributed by atoms with Gasteiger partial charge in [0.25, 0.3) is 0 Å². The summed E-state index contributed by atoms with van der Waals surface area (Å²) < 4.78 is 8.39. The van der Waals surface area contributed by atoms with E-state index in [-0.39, 0.29) is 6.10 Å². The second-order valence-corrected chi connectivity index (χ2v) is 6.23. The molecule has 0 spiro atoms. The standard InChI is InChI=1S/C20H25N3O/c1-4-8-19(20-22-13-14-23(20)15-16(2)3)24-18(11-12-21)17-9-6-5-7-10-17/h5-7,9-11,13-14,16,19H,4,8,15H2,1-3H3/b18-11-. The fourth-order valence-corrected chi connectivity index (χ4v) is 2.66. The molecule has 1 atom stereocenters. The number of nitriles is 1. The van der Waals surface area contributed by atoms with Gasteiger partial charge in [-0.1, -0.05) is 57.5 Å². The van der Waals surface area contributed by atoms with Crippen molar-refractivity contribution in [3.8, 4) is 6.07 Å². The molecule has 2 rings (SSSR count). The topological polar surface area (TPSA) is 50.8 Å². The normalized spacial score (nSPS) is 12.9. The summed E-state index contributed by atoms with van der Waals surface area (Å²) in [6, 6.07) is 11.8. The maximum absolute atomic E-state index is 9.12. The van der Waals surface area contributed by atoms with Crippen LogP contribution in [0, 0.1) is 17.2 Å². The maximum atomic E-state index is 9.12. The van der Waals surface area contributed by atoms with Crippen molar-refractivity contribution in [3.63, 3.8) is 0 Å². The van der Waals surface area contributed by atoms with Gasteiger partial charge in [0.05, 0.1) is 12.1 Å². The summed E-state index contributed by atoms with van der Waals surface area (Å²) in [5, 5.41) is 9.12. The third-order valence-corrected chi connectivity index (χ3v) is 3.67. The second-order valence-electron chi connectivity index (χ2n) is 6.23. The monoisotopic (exact) mass is 323 g/mol. The molecule has 24 heavy (non-hydrogen) atoms. The lowest BCUT2D eigenvalue weighted by molar-refractivity contribution is 0.144. The van der Waals surface area contributed by atoms with Crippen LogP contribution in [0.3, 0.4) is 0 Å². The molecule has 0 fully saturated rings. The maximum Gasteiger partial charge on any atom is 0.156 e. The van der Waals surface area contributed by atoms with E-state index >= 15 is 0 Å². The lowest BCUT2D eigenvalue weighted by Crippen LogP contribution is -2.14. The Labute approximate surface area is 144 Å². The van der Waals surface area contributed by atoms with E-state index in [9.17, 15) is 0 Å². The largest absolute Gasteiger partial charge is 0.481 e. The van der Waals surface area contributed by atoms with Crippen LogP contribution in [0.4, 0.5) is 0 Å². The van der Waals surface area contributed by atoms with Gasteiger partial charge in [0, 0.05) is 24.5 Å². The third kappa shape index (κ3) is 4.73. The van der Waals surface area contributed by atoms with E-state index in [1.165, 1.54) is 6.08 Å². The molecule has 4 nitrogen and oxygen atoms in total. The molecule has 0 aliphatic carbocycles. The molecule has 1 aromatic carbocycles. The van der Waals surface area contributed by atoms with Crippen molar-refractivity contribution in [2.75, 3.05) is 0 Å². The Morgan fingerprint density at radius 2 is 2.08 bits per heavy atom. The highest BCUT2D eigenvalue weighted by atomic mass is 16.5. The highest BCUT2D eigenvalue weighted by molar-refractivity contribution is 5.62. The van der Waals surface area contributed by atoms with E-state index in [2.05, 4.69) is 36.4 Å². The number of aromatic nitrogens is 2. The van der Waals surface area contributed by atoms with Crippen molar-refractivity contribution >= 4 is 5.76 Å². The summed E-state index contributed by atoms with van der Waals surface area (Å²) in [5.74, 6) is 2.05. The summed E-state index contributed by atoms with van der Waals surface area (Å²) >= 11 is 0. The van der Waals surface area contributed by atoms with Crippen molar-refractivity contribution in [2.24, 2.45) is 5.92 Å². The van der Waals surface area contributed by atoms with E-state index in [1.54, 1.807) is 0 Å². The Hall–Kier alpha value is -2.54. The van der Waals surface area contributed by atoms with Gasteiger partial charge in [-0.2, -0.15) is 5.26 Å². The van der Waals surface area contributed by atoms with Crippen LogP contribution >= 0.6 is 0 Å². The number of imidazole rings is 1. The van der Waals surface area contributed by atoms with Gasteiger partial charge >= 0.3 is 0 Å². The predicted octanol–water partition coefficient (Wildman–Crippen LogP) is 4.96. The summed E-state index contributed by atoms with van der Waals surface area (Å²) in [7, 11) is 0. The summed E-state index contributed by atoms with van der Waals surface area (Å²) in [6.45, 7) is 7.40. The zero-order valence-electron chi connectivity index (χ0n) is 14.6. The molecule has 1 aromatic heterocycles. The summed E-state index contributed by atoms with van der Waals surface area (Å²) in [6.07, 6.45) is 6.95. The van der Waals surface area contributed by atoms with Gasteiger partial charge < -0.3 is 9.30 Å². The molecule has 0 aliphatic heterocycles. The Kier molecular flexibility index (Phi) is 6.62. The first-order valence-corrected chi connectivity index (χ1v) is 8.48. The van der Waals surface area contributed by atoms with Gasteiger partial charge in [0.15, 0.2) is 6.10 Å². The van der Waals surface area contributed by atoms with Crippen molar-refractivity contribution in [1.82, 2.24) is 9.55 Å². The van der Waals surface area contributed by atoms with Crippen LogP contribution in [-0.2, 0) is 11.3 Å². The smallest absolute Gasteiger partial charge is 0.156 e. The minimum absolute atomic E-state index is 0.163. The fraction of sp³-hybridized carbons (Fsp3) is 0.400. The Morgan fingerprint density at radius 3 is 2.71 bits per heavy atom. The molecule has 1 heterocycles. The number of nitrogens with zero attached hydrogens (tertiary/aromatic N) is 3. The molecule has 0 radical (unpaired) electrons. The van der Waals surface area contributed by atoms with Crippen LogP contribution in [0.25, 0.3) is 5.76 Å². The van der Waals surface area contributed by atoms with Crippen LogP contribution in [0.2, 0.25) is 0 Å². The minimum Gasteiger partial charge on any atom is -0.481 e. The van der Waals surface area contributed by atoms with E-state index in [0.717, 1.165) is 30.8 Å². The number of rotatable bonds is 8. The van der Waals surface area contributed by atoms with E-state index in [4.69, 9.17) is 10.00 Å². The SMILES string of the molecule is CCCC(O/C(=C\C#N)c1ccccc1)c1nccn1CC(C)C. The first-order chi connectivity index (χ1) is 11.7. The van der Waals surface area contributed by atoms with Gasteiger partial charge in [-0.3, -0.25) is 0 Å². The number of hydrogen-bond acceptors (Lipinski definition) is 3. The molecule has 0 saturated heterocycles. The van der Waals surface area contributed by atoms with Crippen LogP contribution in [0.5, 0.6) is 0 Å². The van der Waals surface area contributed by atoms with Crippen molar-refractivity contribution in [3.05, 3.63) is 60.2 Å². The zero-order valence-corrected chi connectivity index (χ0v) is 14.6. The molecule has 0 saturated carbocycles. The predicted molar refractivity (Wildman–Crippen MR) is 95.8 cm³/mol. The zero-order chi connectivity index (χ0) is 17.4. The van der Waals surface area contributed by atoms with Gasteiger partial charge in [-0.05, 0) is 12.3 Å². The molecule has 0 aliphatic rings. The summed E-state index contributed by atoms with van der Waals surface area (Å²) in [4.78, 5) is 4.52. The molecule has 0 N–H and O–H groups in total. The summed E-state index contributed by atoms with van der Waals surface area (Å²) in [5.41, 5.74) is 0.905. The Balaban J connectivity index is 2.29. The first kappa shape index (κ1) is 17.8. The van der Waals surface area contributed by atoms with Gasteiger partial charge in [-0.25, -0.2) is 4.98 Å². The van der Waals surface area contributed by atoms with Crippen molar-refractivity contribution in [1.29, 1.82) is 5.26 Å². The van der Waals surface area contributed by atoms with Crippen LogP contribution in [-0.4, -0.2) is 9.55 Å². The lowest BCUT2D eigenvalue weighted by Gasteiger charge is -2.22. The molecule has 4 heteroatoms. The number of ether oxygens (including phenoxy) is 1. The second kappa shape index (κ2) is 8.93. The van der Waals surface area contributed by atoms with Crippen molar-refractivity contribution < 1.29 is 4.74 Å². The van der Waals surface area contributed by atoms with E-state index < -0.39 is 0 Å². The lowest BCUT2D eigenvalue weighted by atomic mass is 10.1. The molecule has 0 amide bonds. The third-order valence-electron chi connectivity index (χ3n) is 3.67. The van der Waals surface area contributed by atoms with E-state index in [0.29, 0.717) is 11.7 Å². The Bertz CT molecular complexity index is 695. The molecule has 0 bridgehead atoms. The number of allylic oxidation sites excluding steroid dienone is 1. The van der Waals surface area contributed by atoms with Crippen LogP contribution < -0.4 is 0 Å². The van der Waals surface area contributed by atoms with Gasteiger partial charge in [0.1, 0.15) is 11.6 Å². The highest BCUT2D eigenvalue weighted by Gasteiger charge is 2.20. The quantitative estimate of drug-likeness (QED) is 0.509. The average molecular weight is 323 g/mol. The number of hydrogen-bond donors (Lipinski definition) is 0. The minimum atomic E-state index is -0.163. The van der Waals surface area contributed by atoms with Crippen LogP contribution in [0.15, 0.2) is 48.8 Å². The molecule has 1 unspecified atom stereocenters. The fourth-order valence-electron chi connectivity index (χ4n) is 2.66. The van der Waals surface area contributed by atoms with Crippen LogP contribution in [0.1, 0.15) is 51.1 Å². The first-order valence-electron chi connectivity index (χ1n) is 8.48. The Morgan fingerprint density at radius 1 is 1.33 bits per heavy atom. The molecular formula is C20H25N3O. The highest BCUT2D eigenvalue weighted by Crippen LogP contribution is 2.29. The molecule has 2 aromatic rings. The molecule has 126 valence electrons. The molecular weight excluding hydrogens is 298 g/mol. The van der Waals surface area contributed by atoms with Crippen molar-refractivity contribution in [2.45, 2.75) is 46.3 Å². The van der Waals surface area contributed by atoms with E-state index in [1.807, 2.05) is 42.7 Å².